The largest absolute Gasteiger partial charge is 0.444 e. The molecule has 7 heteroatoms. The molecule has 0 aromatic carbocycles. The number of nitrogens with zero attached hydrogens (tertiary/aromatic N) is 3. The Morgan fingerprint density at radius 2 is 2.17 bits per heavy atom. The average molecular weight is 258 g/mol. The first-order valence-electron chi connectivity index (χ1n) is 5.96. The van der Waals surface area contributed by atoms with Crippen molar-refractivity contribution in [3.05, 3.63) is 0 Å². The number of nitrogens with two attached hydrogens (primary N) is 1. The van der Waals surface area contributed by atoms with E-state index in [4.69, 9.17) is 15.3 Å². The maximum absolute atomic E-state index is 12.0. The molecule has 1 heterocycles. The predicted molar refractivity (Wildman–Crippen MR) is 66.1 cm³/mol. The molecule has 0 bridgehead atoms. The van der Waals surface area contributed by atoms with Gasteiger partial charge in [0.2, 0.25) is 0 Å². The van der Waals surface area contributed by atoms with Crippen LogP contribution in [0, 0.1) is 0 Å². The van der Waals surface area contributed by atoms with Gasteiger partial charge < -0.3 is 20.2 Å². The van der Waals surface area contributed by atoms with Crippen LogP contribution in [-0.2, 0) is 9.47 Å². The van der Waals surface area contributed by atoms with Crippen LogP contribution in [0.25, 0.3) is 0 Å². The third-order valence-corrected chi connectivity index (χ3v) is 2.61. The van der Waals surface area contributed by atoms with E-state index in [1.54, 1.807) is 12.0 Å². The Hall–Kier alpha value is -1.37. The van der Waals surface area contributed by atoms with Gasteiger partial charge in [-0.05, 0) is 27.2 Å². The van der Waals surface area contributed by atoms with E-state index in [1.165, 1.54) is 0 Å². The van der Waals surface area contributed by atoms with Gasteiger partial charge in [0.05, 0.1) is 18.7 Å². The molecular formula is C11H22N4O3. The maximum atomic E-state index is 12.0. The Labute approximate surface area is 107 Å². The van der Waals surface area contributed by atoms with Crippen LogP contribution in [0.15, 0.2) is 10.3 Å². The molecule has 0 aliphatic carbocycles. The van der Waals surface area contributed by atoms with Crippen LogP contribution in [-0.4, -0.2) is 48.9 Å². The standard InChI is InChI=1S/C11H22N4O3/c1-11(2,3)18-10(16)15-6-8(13-14-12)5-9(15)7-17-4/h8-9H,5-7H2,1-4H3,(H2,12,13)/t8-,9-/m0/s1. The molecule has 7 nitrogen and oxygen atoms in total. The Bertz CT molecular complexity index is 314. The molecule has 1 rings (SSSR count). The highest BCUT2D eigenvalue weighted by Gasteiger charge is 2.37. The highest BCUT2D eigenvalue weighted by Crippen LogP contribution is 2.23. The van der Waals surface area contributed by atoms with Gasteiger partial charge in [-0.15, -0.1) is 0 Å². The number of carbonyl (C=O) groups is 1. The molecule has 0 aromatic heterocycles. The van der Waals surface area contributed by atoms with Crippen LogP contribution < -0.4 is 5.84 Å². The van der Waals surface area contributed by atoms with Crippen molar-refractivity contribution >= 4 is 6.09 Å². The third kappa shape index (κ3) is 4.14. The zero-order valence-electron chi connectivity index (χ0n) is 11.4. The summed E-state index contributed by atoms with van der Waals surface area (Å²) < 4.78 is 10.5. The molecule has 1 fully saturated rings. The van der Waals surface area contributed by atoms with Crippen molar-refractivity contribution in [1.29, 1.82) is 0 Å². The molecule has 0 aromatic rings. The molecule has 0 saturated carbocycles. The topological polar surface area (TPSA) is 89.5 Å². The molecular weight excluding hydrogens is 236 g/mol. The Balaban J connectivity index is 2.68. The van der Waals surface area contributed by atoms with Crippen molar-refractivity contribution in [1.82, 2.24) is 4.90 Å². The van der Waals surface area contributed by atoms with Crippen molar-refractivity contribution in [2.75, 3.05) is 20.3 Å². The predicted octanol–water partition coefficient (Wildman–Crippen LogP) is 1.34. The van der Waals surface area contributed by atoms with Gasteiger partial charge in [0, 0.05) is 13.7 Å². The van der Waals surface area contributed by atoms with E-state index in [0.717, 1.165) is 0 Å². The van der Waals surface area contributed by atoms with Crippen LogP contribution in [0.3, 0.4) is 0 Å². The lowest BCUT2D eigenvalue weighted by Gasteiger charge is -2.28. The number of likely N-dealkylation sites (tertiary alicyclic amines) is 1. The number of rotatable bonds is 3. The lowest BCUT2D eigenvalue weighted by Crippen LogP contribution is -2.41. The van der Waals surface area contributed by atoms with Crippen LogP contribution in [0.2, 0.25) is 0 Å². The van der Waals surface area contributed by atoms with Crippen molar-refractivity contribution < 1.29 is 14.3 Å². The highest BCUT2D eigenvalue weighted by molar-refractivity contribution is 5.69. The molecule has 2 atom stereocenters. The van der Waals surface area contributed by atoms with Gasteiger partial charge in [0.25, 0.3) is 0 Å². The number of amides is 1. The number of carbonyl (C=O) groups excluding carboxylic acids is 1. The van der Waals surface area contributed by atoms with Crippen molar-refractivity contribution in [2.24, 2.45) is 16.2 Å². The Kier molecular flexibility index (Phi) is 4.89. The van der Waals surface area contributed by atoms with Gasteiger partial charge in [0.1, 0.15) is 5.60 Å². The van der Waals surface area contributed by atoms with Gasteiger partial charge in [-0.25, -0.2) is 4.79 Å². The molecule has 2 N–H and O–H groups in total. The second-order valence-corrected chi connectivity index (χ2v) is 5.36. The summed E-state index contributed by atoms with van der Waals surface area (Å²) in [5, 5.41) is 7.17. The first-order valence-corrected chi connectivity index (χ1v) is 5.96. The van der Waals surface area contributed by atoms with Crippen molar-refractivity contribution in [3.8, 4) is 0 Å². The zero-order chi connectivity index (χ0) is 13.8. The van der Waals surface area contributed by atoms with Gasteiger partial charge >= 0.3 is 6.09 Å². The first-order chi connectivity index (χ1) is 8.37. The summed E-state index contributed by atoms with van der Waals surface area (Å²) in [7, 11) is 1.60. The smallest absolute Gasteiger partial charge is 0.410 e. The van der Waals surface area contributed by atoms with Gasteiger partial charge in [0.15, 0.2) is 0 Å². The summed E-state index contributed by atoms with van der Waals surface area (Å²) in [4.78, 5) is 13.7. The van der Waals surface area contributed by atoms with Crippen LogP contribution >= 0.6 is 0 Å². The number of methoxy groups -OCH3 is 1. The highest BCUT2D eigenvalue weighted by atomic mass is 16.6. The molecule has 104 valence electrons. The summed E-state index contributed by atoms with van der Waals surface area (Å²) in [5.74, 6) is 5.04. The van der Waals surface area contributed by atoms with E-state index >= 15 is 0 Å². The van der Waals surface area contributed by atoms with E-state index in [0.29, 0.717) is 19.6 Å². The fourth-order valence-corrected chi connectivity index (χ4v) is 1.96. The van der Waals surface area contributed by atoms with Crippen LogP contribution in [0.4, 0.5) is 4.79 Å². The van der Waals surface area contributed by atoms with E-state index in [2.05, 4.69) is 10.3 Å². The monoisotopic (exact) mass is 258 g/mol. The first kappa shape index (κ1) is 14.7. The van der Waals surface area contributed by atoms with Crippen molar-refractivity contribution in [2.45, 2.75) is 44.9 Å². The average Bonchev–Trinajstić information content (AvgIpc) is 2.60. The molecule has 0 spiro atoms. The minimum absolute atomic E-state index is 0.0413. The molecule has 0 unspecified atom stereocenters. The van der Waals surface area contributed by atoms with Gasteiger partial charge in [-0.2, -0.15) is 5.11 Å². The third-order valence-electron chi connectivity index (χ3n) is 2.61. The normalized spacial score (nSPS) is 24.8. The van der Waals surface area contributed by atoms with Crippen LogP contribution in [0.5, 0.6) is 0 Å². The maximum Gasteiger partial charge on any atom is 0.410 e. The Morgan fingerprint density at radius 1 is 1.50 bits per heavy atom. The second-order valence-electron chi connectivity index (χ2n) is 5.36. The Morgan fingerprint density at radius 3 is 2.67 bits per heavy atom. The summed E-state index contributed by atoms with van der Waals surface area (Å²) in [6.45, 7) is 6.43. The number of hydrogen-bond donors (Lipinski definition) is 1. The summed E-state index contributed by atoms with van der Waals surface area (Å²) in [5.41, 5.74) is -0.512. The minimum Gasteiger partial charge on any atom is -0.444 e. The number of ether oxygens (including phenoxy) is 2. The van der Waals surface area contributed by atoms with Crippen LogP contribution in [0.1, 0.15) is 27.2 Å². The molecule has 1 saturated heterocycles. The fourth-order valence-electron chi connectivity index (χ4n) is 1.96. The second kappa shape index (κ2) is 5.99. The summed E-state index contributed by atoms with van der Waals surface area (Å²) in [6.07, 6.45) is 0.340. The summed E-state index contributed by atoms with van der Waals surface area (Å²) in [6, 6.07) is -0.122. The minimum atomic E-state index is -0.512. The lowest BCUT2D eigenvalue weighted by atomic mass is 10.2. The summed E-state index contributed by atoms with van der Waals surface area (Å²) >= 11 is 0. The van der Waals surface area contributed by atoms with Gasteiger partial charge in [-0.1, -0.05) is 5.22 Å². The fraction of sp³-hybridized carbons (Fsp3) is 0.909. The zero-order valence-corrected chi connectivity index (χ0v) is 11.4. The molecule has 1 amide bonds. The quantitative estimate of drug-likeness (QED) is 0.470. The SMILES string of the molecule is COC[C@@H]1C[C@H](N=NN)CN1C(=O)OC(C)(C)C. The van der Waals surface area contributed by atoms with E-state index in [9.17, 15) is 4.79 Å². The van der Waals surface area contributed by atoms with E-state index in [-0.39, 0.29) is 18.2 Å². The molecule has 18 heavy (non-hydrogen) atoms. The van der Waals surface area contributed by atoms with E-state index in [1.807, 2.05) is 20.8 Å². The number of hydrogen-bond acceptors (Lipinski definition) is 5. The van der Waals surface area contributed by atoms with Crippen molar-refractivity contribution in [3.63, 3.8) is 0 Å². The molecule has 0 radical (unpaired) electrons. The van der Waals surface area contributed by atoms with E-state index < -0.39 is 5.60 Å². The molecule has 1 aliphatic heterocycles. The van der Waals surface area contributed by atoms with Gasteiger partial charge in [-0.3, -0.25) is 0 Å². The molecule has 1 aliphatic rings. The lowest BCUT2D eigenvalue weighted by molar-refractivity contribution is 0.0147.